The van der Waals surface area contributed by atoms with Crippen LogP contribution in [0.15, 0.2) is 36.5 Å². The highest BCUT2D eigenvalue weighted by molar-refractivity contribution is 5.86. The third-order valence-electron chi connectivity index (χ3n) is 2.64. The van der Waals surface area contributed by atoms with E-state index < -0.39 is 0 Å². The largest absolute Gasteiger partial charge is 0.461 e. The lowest BCUT2D eigenvalue weighted by molar-refractivity contribution is -0.139. The molecular formula is C16H27NO2. The van der Waals surface area contributed by atoms with Crippen LogP contribution in [0.3, 0.4) is 0 Å². The van der Waals surface area contributed by atoms with E-state index in [1.165, 1.54) is 6.42 Å². The Morgan fingerprint density at radius 2 is 1.95 bits per heavy atom. The molecule has 0 aromatic rings. The zero-order valence-electron chi connectivity index (χ0n) is 12.5. The first-order valence-electron chi connectivity index (χ1n) is 6.98. The van der Waals surface area contributed by atoms with Gasteiger partial charge < -0.3 is 4.74 Å². The van der Waals surface area contributed by atoms with Crippen LogP contribution in [-0.2, 0) is 9.53 Å². The second-order valence-corrected chi connectivity index (χ2v) is 4.45. The van der Waals surface area contributed by atoms with Gasteiger partial charge in [0.15, 0.2) is 0 Å². The number of carbonyl (C=O) groups excluding carboxylic acids is 1. The number of hydrogen-bond acceptors (Lipinski definition) is 3. The van der Waals surface area contributed by atoms with E-state index >= 15 is 0 Å². The molecule has 0 heterocycles. The fourth-order valence-electron chi connectivity index (χ4n) is 1.40. The Labute approximate surface area is 117 Å². The summed E-state index contributed by atoms with van der Waals surface area (Å²) in [5.74, 6) is -0.311. The number of nitrogens with zero attached hydrogens (tertiary/aromatic N) is 1. The Hall–Kier alpha value is -1.35. The van der Waals surface area contributed by atoms with Gasteiger partial charge in [-0.25, -0.2) is 4.79 Å². The maximum atomic E-state index is 11.2. The third-order valence-corrected chi connectivity index (χ3v) is 2.64. The van der Waals surface area contributed by atoms with Crippen molar-refractivity contribution in [1.29, 1.82) is 0 Å². The minimum Gasteiger partial charge on any atom is -0.461 e. The van der Waals surface area contributed by atoms with Gasteiger partial charge in [0.05, 0.1) is 0 Å². The molecule has 0 N–H and O–H groups in total. The second-order valence-electron chi connectivity index (χ2n) is 4.45. The molecule has 3 heteroatoms. The SMILES string of the molecule is C=C(C)C(=O)OCCN(CC)CC=CC=CCCC. The van der Waals surface area contributed by atoms with Crippen LogP contribution in [0.25, 0.3) is 0 Å². The van der Waals surface area contributed by atoms with Gasteiger partial charge in [0.1, 0.15) is 6.61 Å². The first-order chi connectivity index (χ1) is 9.11. The highest BCUT2D eigenvalue weighted by atomic mass is 16.5. The standard InChI is InChI=1S/C16H27NO2/c1-5-7-8-9-10-11-12-17(6-2)13-14-19-16(18)15(3)4/h8-11H,3,5-7,12-14H2,1-2,4H3. The quantitative estimate of drug-likeness (QED) is 0.345. The summed E-state index contributed by atoms with van der Waals surface area (Å²) < 4.78 is 5.08. The molecule has 0 bridgehead atoms. The van der Waals surface area contributed by atoms with Gasteiger partial charge in [-0.2, -0.15) is 0 Å². The fraction of sp³-hybridized carbons (Fsp3) is 0.562. The molecule has 3 nitrogen and oxygen atoms in total. The van der Waals surface area contributed by atoms with Gasteiger partial charge in [-0.1, -0.05) is 51.2 Å². The van der Waals surface area contributed by atoms with Crippen molar-refractivity contribution in [1.82, 2.24) is 4.90 Å². The van der Waals surface area contributed by atoms with Gasteiger partial charge in [0, 0.05) is 18.7 Å². The Morgan fingerprint density at radius 3 is 2.53 bits per heavy atom. The molecule has 0 fully saturated rings. The Balaban J connectivity index is 3.83. The smallest absolute Gasteiger partial charge is 0.333 e. The minimum atomic E-state index is -0.311. The Kier molecular flexibility index (Phi) is 10.9. The summed E-state index contributed by atoms with van der Waals surface area (Å²) in [6, 6.07) is 0. The van der Waals surface area contributed by atoms with E-state index in [0.29, 0.717) is 12.2 Å². The van der Waals surface area contributed by atoms with Gasteiger partial charge >= 0.3 is 5.97 Å². The summed E-state index contributed by atoms with van der Waals surface area (Å²) in [5, 5.41) is 0. The lowest BCUT2D eigenvalue weighted by atomic mass is 10.3. The van der Waals surface area contributed by atoms with Crippen LogP contribution in [0.5, 0.6) is 0 Å². The molecule has 0 saturated carbocycles. The summed E-state index contributed by atoms with van der Waals surface area (Å²) in [7, 11) is 0. The van der Waals surface area contributed by atoms with Crippen molar-refractivity contribution in [2.45, 2.75) is 33.6 Å². The number of carbonyl (C=O) groups is 1. The topological polar surface area (TPSA) is 29.5 Å². The van der Waals surface area contributed by atoms with Gasteiger partial charge in [-0.05, 0) is 19.9 Å². The van der Waals surface area contributed by atoms with E-state index in [1.54, 1.807) is 6.92 Å². The molecular weight excluding hydrogens is 238 g/mol. The second kappa shape index (κ2) is 11.7. The predicted octanol–water partition coefficient (Wildman–Crippen LogP) is 3.34. The normalized spacial score (nSPS) is 11.6. The molecule has 0 aliphatic carbocycles. The molecule has 0 unspecified atom stereocenters. The van der Waals surface area contributed by atoms with Crippen molar-refractivity contribution in [3.8, 4) is 0 Å². The van der Waals surface area contributed by atoms with Crippen LogP contribution in [0, 0.1) is 0 Å². The average molecular weight is 265 g/mol. The van der Waals surface area contributed by atoms with Crippen LogP contribution in [0.4, 0.5) is 0 Å². The number of esters is 1. The first-order valence-corrected chi connectivity index (χ1v) is 6.98. The molecule has 0 aliphatic rings. The molecule has 0 amide bonds. The van der Waals surface area contributed by atoms with E-state index in [0.717, 1.165) is 26.1 Å². The molecule has 0 aromatic carbocycles. The van der Waals surface area contributed by atoms with Crippen molar-refractivity contribution in [3.05, 3.63) is 36.5 Å². The van der Waals surface area contributed by atoms with Crippen molar-refractivity contribution in [2.75, 3.05) is 26.2 Å². The molecule has 19 heavy (non-hydrogen) atoms. The molecule has 0 rings (SSSR count). The van der Waals surface area contributed by atoms with Crippen molar-refractivity contribution < 1.29 is 9.53 Å². The highest BCUT2D eigenvalue weighted by Crippen LogP contribution is 1.95. The van der Waals surface area contributed by atoms with Crippen molar-refractivity contribution in [3.63, 3.8) is 0 Å². The number of ether oxygens (including phenoxy) is 1. The van der Waals surface area contributed by atoms with E-state index in [9.17, 15) is 4.79 Å². The third kappa shape index (κ3) is 10.3. The molecule has 0 spiro atoms. The van der Waals surface area contributed by atoms with Gasteiger partial charge in [0.25, 0.3) is 0 Å². The van der Waals surface area contributed by atoms with Crippen LogP contribution >= 0.6 is 0 Å². The maximum Gasteiger partial charge on any atom is 0.333 e. The van der Waals surface area contributed by atoms with Crippen LogP contribution in [0.2, 0.25) is 0 Å². The number of unbranched alkanes of at least 4 members (excludes halogenated alkanes) is 1. The fourth-order valence-corrected chi connectivity index (χ4v) is 1.40. The molecule has 0 radical (unpaired) electrons. The molecule has 0 atom stereocenters. The summed E-state index contributed by atoms with van der Waals surface area (Å²) in [6.07, 6.45) is 10.7. The number of rotatable bonds is 10. The monoisotopic (exact) mass is 265 g/mol. The lowest BCUT2D eigenvalue weighted by Crippen LogP contribution is -2.28. The number of likely N-dealkylation sites (N-methyl/N-ethyl adjacent to an activating group) is 1. The average Bonchev–Trinajstić information content (AvgIpc) is 2.40. The highest BCUT2D eigenvalue weighted by Gasteiger charge is 2.04. The lowest BCUT2D eigenvalue weighted by Gasteiger charge is -2.18. The summed E-state index contributed by atoms with van der Waals surface area (Å²) in [6.45, 7) is 12.4. The number of allylic oxidation sites excluding steroid dienone is 3. The van der Waals surface area contributed by atoms with E-state index in [1.807, 2.05) is 0 Å². The summed E-state index contributed by atoms with van der Waals surface area (Å²) in [5.41, 5.74) is 0.448. The van der Waals surface area contributed by atoms with Gasteiger partial charge in [0.2, 0.25) is 0 Å². The van der Waals surface area contributed by atoms with Crippen LogP contribution < -0.4 is 0 Å². The molecule has 0 aliphatic heterocycles. The first kappa shape index (κ1) is 17.6. The van der Waals surface area contributed by atoms with Crippen LogP contribution in [-0.4, -0.2) is 37.1 Å². The van der Waals surface area contributed by atoms with Gasteiger partial charge in [-0.3, -0.25) is 4.90 Å². The van der Waals surface area contributed by atoms with Crippen LogP contribution in [0.1, 0.15) is 33.6 Å². The molecule has 0 saturated heterocycles. The minimum absolute atomic E-state index is 0.311. The predicted molar refractivity (Wildman–Crippen MR) is 81.1 cm³/mol. The zero-order valence-corrected chi connectivity index (χ0v) is 12.5. The van der Waals surface area contributed by atoms with E-state index in [2.05, 4.69) is 49.6 Å². The van der Waals surface area contributed by atoms with Gasteiger partial charge in [-0.15, -0.1) is 0 Å². The van der Waals surface area contributed by atoms with E-state index in [4.69, 9.17) is 4.74 Å². The maximum absolute atomic E-state index is 11.2. The summed E-state index contributed by atoms with van der Waals surface area (Å²) in [4.78, 5) is 13.4. The molecule has 0 aromatic heterocycles. The van der Waals surface area contributed by atoms with Crippen molar-refractivity contribution in [2.24, 2.45) is 0 Å². The zero-order chi connectivity index (χ0) is 14.5. The summed E-state index contributed by atoms with van der Waals surface area (Å²) >= 11 is 0. The number of hydrogen-bond donors (Lipinski definition) is 0. The van der Waals surface area contributed by atoms with E-state index in [-0.39, 0.29) is 5.97 Å². The molecule has 108 valence electrons. The Bertz CT molecular complexity index is 319. The van der Waals surface area contributed by atoms with Crippen molar-refractivity contribution >= 4 is 5.97 Å². The Morgan fingerprint density at radius 1 is 1.26 bits per heavy atom.